The van der Waals surface area contributed by atoms with E-state index in [-0.39, 0.29) is 0 Å². The van der Waals surface area contributed by atoms with Crippen LogP contribution in [0.1, 0.15) is 5.76 Å². The Morgan fingerprint density at radius 2 is 2.38 bits per heavy atom. The van der Waals surface area contributed by atoms with E-state index in [4.69, 9.17) is 10.3 Å². The Kier molecular flexibility index (Phi) is 1.41. The zero-order chi connectivity index (χ0) is 6.15. The lowest BCUT2D eigenvalue weighted by Gasteiger charge is -1.78. The van der Waals surface area contributed by atoms with Gasteiger partial charge in [-0.25, -0.2) is 0 Å². The van der Waals surface area contributed by atoms with Gasteiger partial charge in [-0.15, -0.1) is 0 Å². The molecule has 0 bridgehead atoms. The standard InChI is InChI=1S/C4H5IN2O/c1-2-3(5)4(6)7-8-2/h1H3,(H2,6,7). The lowest BCUT2D eigenvalue weighted by molar-refractivity contribution is 0.399. The number of nitrogens with two attached hydrogens (primary N) is 1. The third kappa shape index (κ3) is 0.795. The molecular weight excluding hydrogens is 219 g/mol. The van der Waals surface area contributed by atoms with Crippen LogP contribution in [0.2, 0.25) is 0 Å². The Labute approximate surface area is 60.4 Å². The molecule has 4 heteroatoms. The SMILES string of the molecule is Cc1onc(N)c1I. The average Bonchev–Trinajstić information content (AvgIpc) is 1.98. The maximum atomic E-state index is 5.33. The third-order valence-electron chi connectivity index (χ3n) is 0.815. The van der Waals surface area contributed by atoms with Gasteiger partial charge in [0.05, 0.1) is 3.57 Å². The molecule has 0 aliphatic rings. The fraction of sp³-hybridized carbons (Fsp3) is 0.250. The summed E-state index contributed by atoms with van der Waals surface area (Å²) < 4.78 is 5.62. The van der Waals surface area contributed by atoms with E-state index >= 15 is 0 Å². The van der Waals surface area contributed by atoms with E-state index in [0.717, 1.165) is 9.33 Å². The van der Waals surface area contributed by atoms with E-state index in [1.165, 1.54) is 0 Å². The monoisotopic (exact) mass is 224 g/mol. The first-order valence-corrected chi connectivity index (χ1v) is 3.17. The third-order valence-corrected chi connectivity index (χ3v) is 2.13. The Morgan fingerprint density at radius 1 is 1.75 bits per heavy atom. The highest BCUT2D eigenvalue weighted by Crippen LogP contribution is 2.16. The summed E-state index contributed by atoms with van der Waals surface area (Å²) in [5, 5.41) is 3.51. The highest BCUT2D eigenvalue weighted by Gasteiger charge is 2.03. The van der Waals surface area contributed by atoms with Crippen molar-refractivity contribution >= 4 is 28.4 Å². The molecule has 0 fully saturated rings. The van der Waals surface area contributed by atoms with Gasteiger partial charge < -0.3 is 10.3 Å². The molecule has 8 heavy (non-hydrogen) atoms. The van der Waals surface area contributed by atoms with E-state index in [9.17, 15) is 0 Å². The van der Waals surface area contributed by atoms with Crippen molar-refractivity contribution in [1.82, 2.24) is 5.16 Å². The molecule has 0 spiro atoms. The minimum Gasteiger partial charge on any atom is -0.380 e. The van der Waals surface area contributed by atoms with Crippen molar-refractivity contribution in [2.75, 3.05) is 5.73 Å². The first-order chi connectivity index (χ1) is 3.72. The number of aromatic nitrogens is 1. The summed E-state index contributed by atoms with van der Waals surface area (Å²) in [5.41, 5.74) is 5.33. The van der Waals surface area contributed by atoms with Crippen LogP contribution in [-0.2, 0) is 0 Å². The predicted octanol–water partition coefficient (Wildman–Crippen LogP) is 1.17. The van der Waals surface area contributed by atoms with E-state index in [0.29, 0.717) is 5.82 Å². The molecule has 0 amide bonds. The summed E-state index contributed by atoms with van der Waals surface area (Å²) in [4.78, 5) is 0. The van der Waals surface area contributed by atoms with Gasteiger partial charge in [0.2, 0.25) is 0 Å². The second kappa shape index (κ2) is 1.93. The van der Waals surface area contributed by atoms with Gasteiger partial charge in [-0.05, 0) is 29.5 Å². The van der Waals surface area contributed by atoms with Gasteiger partial charge in [0.25, 0.3) is 0 Å². The van der Waals surface area contributed by atoms with Crippen molar-refractivity contribution in [3.63, 3.8) is 0 Å². The molecule has 0 aromatic carbocycles. The summed E-state index contributed by atoms with van der Waals surface area (Å²) in [6.45, 7) is 1.82. The normalized spacial score (nSPS) is 9.75. The topological polar surface area (TPSA) is 52.0 Å². The van der Waals surface area contributed by atoms with E-state index in [1.807, 2.05) is 6.92 Å². The van der Waals surface area contributed by atoms with Gasteiger partial charge in [0.15, 0.2) is 5.82 Å². The molecule has 3 nitrogen and oxygen atoms in total. The number of nitrogens with zero attached hydrogens (tertiary/aromatic N) is 1. The van der Waals surface area contributed by atoms with E-state index in [2.05, 4.69) is 27.7 Å². The molecule has 2 N–H and O–H groups in total. The molecule has 0 aliphatic carbocycles. The number of nitrogen functional groups attached to an aromatic ring is 1. The summed E-state index contributed by atoms with van der Waals surface area (Å²) in [6.07, 6.45) is 0. The van der Waals surface area contributed by atoms with Crippen molar-refractivity contribution in [2.45, 2.75) is 6.92 Å². The second-order valence-corrected chi connectivity index (χ2v) is 2.52. The maximum absolute atomic E-state index is 5.33. The lowest BCUT2D eigenvalue weighted by Crippen LogP contribution is -1.85. The fourth-order valence-corrected chi connectivity index (χ4v) is 0.575. The number of rotatable bonds is 0. The van der Waals surface area contributed by atoms with Gasteiger partial charge >= 0.3 is 0 Å². The number of anilines is 1. The van der Waals surface area contributed by atoms with Crippen molar-refractivity contribution in [1.29, 1.82) is 0 Å². The zero-order valence-electron chi connectivity index (χ0n) is 4.31. The quantitative estimate of drug-likeness (QED) is 0.673. The Hall–Kier alpha value is -0.260. The molecule has 0 unspecified atom stereocenters. The van der Waals surface area contributed by atoms with Crippen LogP contribution in [0.4, 0.5) is 5.82 Å². The molecular formula is C4H5IN2O. The van der Waals surface area contributed by atoms with Crippen molar-refractivity contribution in [2.24, 2.45) is 0 Å². The highest BCUT2D eigenvalue weighted by molar-refractivity contribution is 14.1. The summed E-state index contributed by atoms with van der Waals surface area (Å²) in [6, 6.07) is 0. The molecule has 0 saturated heterocycles. The van der Waals surface area contributed by atoms with Gasteiger partial charge in [-0.2, -0.15) is 0 Å². The van der Waals surface area contributed by atoms with Gasteiger partial charge in [-0.3, -0.25) is 0 Å². The van der Waals surface area contributed by atoms with Crippen LogP contribution in [0.3, 0.4) is 0 Å². The molecule has 1 heterocycles. The lowest BCUT2D eigenvalue weighted by atomic mass is 10.5. The molecule has 0 saturated carbocycles. The number of aryl methyl sites for hydroxylation is 1. The molecule has 0 aliphatic heterocycles. The first kappa shape index (κ1) is 5.87. The van der Waals surface area contributed by atoms with E-state index < -0.39 is 0 Å². The van der Waals surface area contributed by atoms with E-state index in [1.54, 1.807) is 0 Å². The first-order valence-electron chi connectivity index (χ1n) is 2.09. The van der Waals surface area contributed by atoms with Crippen LogP contribution in [0, 0.1) is 10.5 Å². The highest BCUT2D eigenvalue weighted by atomic mass is 127. The molecule has 1 aromatic rings. The minimum atomic E-state index is 0.475. The minimum absolute atomic E-state index is 0.475. The summed E-state index contributed by atoms with van der Waals surface area (Å²) in [7, 11) is 0. The average molecular weight is 224 g/mol. The van der Waals surface area contributed by atoms with Crippen molar-refractivity contribution in [3.05, 3.63) is 9.33 Å². The predicted molar refractivity (Wildman–Crippen MR) is 38.4 cm³/mol. The zero-order valence-corrected chi connectivity index (χ0v) is 6.47. The second-order valence-electron chi connectivity index (χ2n) is 1.44. The van der Waals surface area contributed by atoms with Crippen LogP contribution in [0.5, 0.6) is 0 Å². The van der Waals surface area contributed by atoms with Gasteiger partial charge in [-0.1, -0.05) is 5.16 Å². The van der Waals surface area contributed by atoms with Crippen LogP contribution in [0.25, 0.3) is 0 Å². The van der Waals surface area contributed by atoms with Crippen LogP contribution >= 0.6 is 22.6 Å². The smallest absolute Gasteiger partial charge is 0.180 e. The molecule has 0 radical (unpaired) electrons. The van der Waals surface area contributed by atoms with Crippen LogP contribution in [0.15, 0.2) is 4.52 Å². The number of hydrogen-bond acceptors (Lipinski definition) is 3. The fourth-order valence-electron chi connectivity index (χ4n) is 0.378. The van der Waals surface area contributed by atoms with Crippen LogP contribution in [-0.4, -0.2) is 5.16 Å². The largest absolute Gasteiger partial charge is 0.380 e. The Balaban J connectivity index is 3.19. The molecule has 0 atom stereocenters. The van der Waals surface area contributed by atoms with Gasteiger partial charge in [0, 0.05) is 0 Å². The van der Waals surface area contributed by atoms with Crippen LogP contribution < -0.4 is 5.73 Å². The van der Waals surface area contributed by atoms with Gasteiger partial charge in [0.1, 0.15) is 5.76 Å². The Bertz CT molecular complexity index is 176. The maximum Gasteiger partial charge on any atom is 0.180 e. The summed E-state index contributed by atoms with van der Waals surface area (Å²) in [5.74, 6) is 1.26. The number of halogens is 1. The molecule has 44 valence electrons. The Morgan fingerprint density at radius 3 is 2.50 bits per heavy atom. The molecule has 1 rings (SSSR count). The summed E-state index contributed by atoms with van der Waals surface area (Å²) >= 11 is 2.08. The van der Waals surface area contributed by atoms with Crippen molar-refractivity contribution < 1.29 is 4.52 Å². The molecule has 1 aromatic heterocycles. The number of hydrogen-bond donors (Lipinski definition) is 1. The van der Waals surface area contributed by atoms with Crippen molar-refractivity contribution in [3.8, 4) is 0 Å².